The molecule has 0 unspecified atom stereocenters. The van der Waals surface area contributed by atoms with E-state index in [1.165, 1.54) is 0 Å². The van der Waals surface area contributed by atoms with Crippen LogP contribution in [0.1, 0.15) is 37.3 Å². The zero-order valence-electron chi connectivity index (χ0n) is 20.5. The first-order valence-electron chi connectivity index (χ1n) is 12.0. The van der Waals surface area contributed by atoms with Crippen LogP contribution >= 0.6 is 47.0 Å². The van der Waals surface area contributed by atoms with Crippen molar-refractivity contribution in [1.29, 1.82) is 0 Å². The van der Waals surface area contributed by atoms with Crippen molar-refractivity contribution >= 4 is 69.4 Å². The summed E-state index contributed by atoms with van der Waals surface area (Å²) in [5, 5.41) is 8.35. The highest BCUT2D eigenvalue weighted by Crippen LogP contribution is 2.44. The molecular weight excluding hydrogens is 561 g/mol. The van der Waals surface area contributed by atoms with Gasteiger partial charge in [0, 0.05) is 34.7 Å². The summed E-state index contributed by atoms with van der Waals surface area (Å²) in [6.07, 6.45) is 3.72. The number of anilines is 2. The first-order chi connectivity index (χ1) is 18.2. The van der Waals surface area contributed by atoms with Crippen LogP contribution in [-0.2, 0) is 4.79 Å². The van der Waals surface area contributed by atoms with Crippen molar-refractivity contribution in [2.45, 2.75) is 25.9 Å². The van der Waals surface area contributed by atoms with Crippen LogP contribution in [0.25, 0.3) is 5.69 Å². The van der Waals surface area contributed by atoms with Crippen LogP contribution in [0, 0.1) is 5.92 Å². The summed E-state index contributed by atoms with van der Waals surface area (Å²) in [6, 6.07) is 20.1. The van der Waals surface area contributed by atoms with Gasteiger partial charge in [0.15, 0.2) is 5.11 Å². The van der Waals surface area contributed by atoms with Crippen LogP contribution in [0.5, 0.6) is 0 Å². The molecule has 2 atom stereocenters. The molecule has 0 saturated carbocycles. The maximum atomic E-state index is 12.2. The quantitative estimate of drug-likeness (QED) is 0.229. The predicted octanol–water partition coefficient (Wildman–Crippen LogP) is 7.60. The van der Waals surface area contributed by atoms with Gasteiger partial charge in [0.05, 0.1) is 33.2 Å². The van der Waals surface area contributed by atoms with Crippen LogP contribution in [-0.4, -0.2) is 20.6 Å². The van der Waals surface area contributed by atoms with Crippen molar-refractivity contribution < 1.29 is 4.79 Å². The lowest BCUT2D eigenvalue weighted by molar-refractivity contribution is -0.118. The SMILES string of the molecule is CC(C)C(=O)Nc1ccc(N2C(=S)N[C@H](c3ccccn3)[C@@H]2c2cccn2-c2ccc(Cl)cc2Cl)cc1Cl. The number of pyridine rings is 1. The highest BCUT2D eigenvalue weighted by atomic mass is 35.5. The highest BCUT2D eigenvalue weighted by Gasteiger charge is 2.42. The van der Waals surface area contributed by atoms with Crippen LogP contribution in [0.2, 0.25) is 15.1 Å². The van der Waals surface area contributed by atoms with Gasteiger partial charge in [-0.3, -0.25) is 9.78 Å². The normalized spacial score (nSPS) is 17.1. The molecule has 3 heterocycles. The zero-order valence-corrected chi connectivity index (χ0v) is 23.6. The number of thiocarbonyl (C=S) groups is 1. The van der Waals surface area contributed by atoms with E-state index in [0.29, 0.717) is 25.9 Å². The van der Waals surface area contributed by atoms with Gasteiger partial charge in [-0.25, -0.2) is 0 Å². The number of hydrogen-bond acceptors (Lipinski definition) is 3. The third kappa shape index (κ3) is 5.12. The molecule has 1 aliphatic heterocycles. The number of nitrogens with one attached hydrogen (secondary N) is 2. The van der Waals surface area contributed by atoms with Crippen molar-refractivity contribution in [3.05, 3.63) is 106 Å². The van der Waals surface area contributed by atoms with Crippen LogP contribution in [0.3, 0.4) is 0 Å². The Labute approximate surface area is 241 Å². The maximum absolute atomic E-state index is 12.2. The monoisotopic (exact) mass is 583 g/mol. The highest BCUT2D eigenvalue weighted by molar-refractivity contribution is 7.80. The Hall–Kier alpha value is -3.10. The number of nitrogens with zero attached hydrogens (tertiary/aromatic N) is 3. The van der Waals surface area contributed by atoms with E-state index in [1.54, 1.807) is 18.3 Å². The molecule has 0 aliphatic carbocycles. The van der Waals surface area contributed by atoms with Gasteiger partial charge in [0.25, 0.3) is 0 Å². The number of benzene rings is 2. The Morgan fingerprint density at radius 1 is 1.03 bits per heavy atom. The standard InChI is InChI=1S/C28H24Cl3N5OS/c1-16(2)27(37)33-21-10-9-18(15-19(21)30)36-26(25(34-28(36)38)22-6-3-4-12-32-22)24-7-5-13-35(24)23-11-8-17(29)14-20(23)31/h3-16,25-26H,1-2H3,(H,33,37)(H,34,38)/t25-,26+/m1/s1. The molecular formula is C28H24Cl3N5OS. The van der Waals surface area contributed by atoms with Gasteiger partial charge in [-0.2, -0.15) is 0 Å². The number of carbonyl (C=O) groups is 1. The molecule has 1 amide bonds. The molecule has 194 valence electrons. The molecule has 4 aromatic rings. The second kappa shape index (κ2) is 10.9. The van der Waals surface area contributed by atoms with E-state index < -0.39 is 0 Å². The fourth-order valence-corrected chi connectivity index (χ4v) is 5.56. The molecule has 2 N–H and O–H groups in total. The number of carbonyl (C=O) groups excluding carboxylic acids is 1. The first kappa shape index (κ1) is 26.5. The summed E-state index contributed by atoms with van der Waals surface area (Å²) in [5.41, 5.74) is 3.88. The lowest BCUT2D eigenvalue weighted by Gasteiger charge is -2.29. The van der Waals surface area contributed by atoms with Crippen molar-refractivity contribution in [3.63, 3.8) is 0 Å². The molecule has 10 heteroatoms. The summed E-state index contributed by atoms with van der Waals surface area (Å²) in [5.74, 6) is -0.277. The minimum absolute atomic E-state index is 0.108. The van der Waals surface area contributed by atoms with Gasteiger partial charge in [-0.05, 0) is 72.9 Å². The second-order valence-corrected chi connectivity index (χ2v) is 10.8. The molecule has 0 spiro atoms. The summed E-state index contributed by atoms with van der Waals surface area (Å²) >= 11 is 25.3. The molecule has 2 aromatic heterocycles. The minimum Gasteiger partial charge on any atom is -0.351 e. The predicted molar refractivity (Wildman–Crippen MR) is 159 cm³/mol. The van der Waals surface area contributed by atoms with E-state index in [2.05, 4.69) is 15.6 Å². The Morgan fingerprint density at radius 3 is 2.53 bits per heavy atom. The maximum Gasteiger partial charge on any atom is 0.226 e. The van der Waals surface area contributed by atoms with Gasteiger partial charge >= 0.3 is 0 Å². The summed E-state index contributed by atoms with van der Waals surface area (Å²) < 4.78 is 2.03. The fourth-order valence-electron chi connectivity index (χ4n) is 4.50. The number of rotatable bonds is 6. The lowest BCUT2D eigenvalue weighted by atomic mass is 10.0. The zero-order chi connectivity index (χ0) is 27.0. The van der Waals surface area contributed by atoms with Crippen molar-refractivity contribution in [3.8, 4) is 5.69 Å². The number of halogens is 3. The van der Waals surface area contributed by atoms with E-state index in [0.717, 1.165) is 22.8 Å². The third-order valence-corrected chi connectivity index (χ3v) is 7.53. The topological polar surface area (TPSA) is 62.2 Å². The summed E-state index contributed by atoms with van der Waals surface area (Å²) in [7, 11) is 0. The largest absolute Gasteiger partial charge is 0.351 e. The molecule has 5 rings (SSSR count). The molecule has 0 bridgehead atoms. The van der Waals surface area contributed by atoms with Crippen LogP contribution in [0.15, 0.2) is 79.1 Å². The van der Waals surface area contributed by atoms with E-state index >= 15 is 0 Å². The number of hydrogen-bond donors (Lipinski definition) is 2. The Balaban J connectivity index is 1.61. The summed E-state index contributed by atoms with van der Waals surface area (Å²) in [6.45, 7) is 3.66. The van der Waals surface area contributed by atoms with Gasteiger partial charge in [0.1, 0.15) is 6.04 Å². The van der Waals surface area contributed by atoms with E-state index in [1.807, 2.05) is 84.1 Å². The second-order valence-electron chi connectivity index (χ2n) is 9.20. The fraction of sp³-hybridized carbons (Fsp3) is 0.179. The van der Waals surface area contributed by atoms with Crippen molar-refractivity contribution in [2.24, 2.45) is 5.92 Å². The van der Waals surface area contributed by atoms with E-state index in [9.17, 15) is 4.79 Å². The minimum atomic E-state index is -0.300. The van der Waals surface area contributed by atoms with E-state index in [4.69, 9.17) is 47.0 Å². The number of amides is 1. The smallest absolute Gasteiger partial charge is 0.226 e. The Bertz CT molecular complexity index is 1510. The molecule has 6 nitrogen and oxygen atoms in total. The first-order valence-corrected chi connectivity index (χ1v) is 13.5. The average molecular weight is 585 g/mol. The molecule has 1 saturated heterocycles. The average Bonchev–Trinajstić information content (AvgIpc) is 3.50. The molecule has 38 heavy (non-hydrogen) atoms. The lowest BCUT2D eigenvalue weighted by Crippen LogP contribution is -2.30. The molecule has 1 aliphatic rings. The van der Waals surface area contributed by atoms with Gasteiger partial charge in [0.2, 0.25) is 5.91 Å². The van der Waals surface area contributed by atoms with Gasteiger partial charge in [-0.15, -0.1) is 0 Å². The number of aromatic nitrogens is 2. The molecule has 0 radical (unpaired) electrons. The van der Waals surface area contributed by atoms with Crippen LogP contribution < -0.4 is 15.5 Å². The van der Waals surface area contributed by atoms with Gasteiger partial charge in [-0.1, -0.05) is 54.7 Å². The van der Waals surface area contributed by atoms with Crippen molar-refractivity contribution in [1.82, 2.24) is 14.9 Å². The Kier molecular flexibility index (Phi) is 7.63. The molecule has 1 fully saturated rings. The third-order valence-electron chi connectivity index (χ3n) is 6.36. The summed E-state index contributed by atoms with van der Waals surface area (Å²) in [4.78, 5) is 18.9. The van der Waals surface area contributed by atoms with Crippen LogP contribution in [0.4, 0.5) is 11.4 Å². The molecule has 2 aromatic carbocycles. The van der Waals surface area contributed by atoms with E-state index in [-0.39, 0.29) is 23.9 Å². The van der Waals surface area contributed by atoms with Crippen molar-refractivity contribution in [2.75, 3.05) is 10.2 Å². The van der Waals surface area contributed by atoms with Gasteiger partial charge < -0.3 is 20.1 Å². The Morgan fingerprint density at radius 2 is 1.84 bits per heavy atom.